The maximum atomic E-state index is 13.1. The highest BCUT2D eigenvalue weighted by Crippen LogP contribution is 2.44. The molecule has 230 valence electrons. The molecule has 1 aromatic heterocycles. The van der Waals surface area contributed by atoms with Crippen LogP contribution in [0.1, 0.15) is 6.92 Å². The van der Waals surface area contributed by atoms with Crippen molar-refractivity contribution in [2.24, 2.45) is 0 Å². The van der Waals surface area contributed by atoms with Crippen molar-refractivity contribution in [1.29, 1.82) is 0 Å². The summed E-state index contributed by atoms with van der Waals surface area (Å²) in [5.41, 5.74) is 1.75. The quantitative estimate of drug-likeness (QED) is 0.359. The molecule has 1 fully saturated rings. The summed E-state index contributed by atoms with van der Waals surface area (Å²) >= 11 is 12.8. The Labute approximate surface area is 259 Å². The highest BCUT2D eigenvalue weighted by Gasteiger charge is 2.36. The summed E-state index contributed by atoms with van der Waals surface area (Å²) < 4.78 is 42.8. The predicted octanol–water partition coefficient (Wildman–Crippen LogP) is 4.45. The zero-order valence-electron chi connectivity index (χ0n) is 23.9. The maximum absolute atomic E-state index is 13.1. The summed E-state index contributed by atoms with van der Waals surface area (Å²) in [5, 5.41) is 6.15. The Kier molecular flexibility index (Phi) is 8.92. The number of urea groups is 1. The first kappa shape index (κ1) is 30.7. The summed E-state index contributed by atoms with van der Waals surface area (Å²) in [6, 6.07) is 8.19. The number of ether oxygens (including phenoxy) is 3. The molecule has 16 heteroatoms. The van der Waals surface area contributed by atoms with E-state index in [4.69, 9.17) is 37.4 Å². The van der Waals surface area contributed by atoms with Gasteiger partial charge in [-0.3, -0.25) is 4.90 Å². The lowest BCUT2D eigenvalue weighted by Gasteiger charge is -2.45. The van der Waals surface area contributed by atoms with Gasteiger partial charge in [-0.1, -0.05) is 23.2 Å². The minimum absolute atomic E-state index is 0.0599. The topological polar surface area (TPSA) is 138 Å². The molecule has 1 atom stereocenters. The molecule has 2 aliphatic rings. The number of nitrogens with zero attached hydrogens (tertiary/aromatic N) is 5. The molecule has 3 heterocycles. The van der Waals surface area contributed by atoms with Crippen LogP contribution in [0.25, 0.3) is 0 Å². The van der Waals surface area contributed by atoms with Gasteiger partial charge in [0.2, 0.25) is 10.0 Å². The van der Waals surface area contributed by atoms with Crippen LogP contribution in [-0.2, 0) is 10.0 Å². The molecule has 0 unspecified atom stereocenters. The molecule has 0 radical (unpaired) electrons. The van der Waals surface area contributed by atoms with Crippen molar-refractivity contribution < 1.29 is 27.4 Å². The number of amides is 2. The van der Waals surface area contributed by atoms with Gasteiger partial charge in [0.25, 0.3) is 0 Å². The van der Waals surface area contributed by atoms with E-state index in [9.17, 15) is 13.2 Å². The van der Waals surface area contributed by atoms with Crippen LogP contribution in [0.4, 0.5) is 33.5 Å². The number of sulfonamides is 1. The first-order chi connectivity index (χ1) is 20.6. The van der Waals surface area contributed by atoms with E-state index in [0.717, 1.165) is 5.69 Å². The van der Waals surface area contributed by atoms with E-state index < -0.39 is 16.1 Å². The SMILES string of the molecule is CCS(=O)(=O)N1CCN2c3ccc(Nc4cc(N(C)C(=O)Nc5c(Cl)c(OC)cc(OC)c5Cl)ncn4)cc3OC[C@H]2C1. The van der Waals surface area contributed by atoms with Crippen LogP contribution in [0.5, 0.6) is 17.2 Å². The molecule has 0 spiro atoms. The number of hydrogen-bond acceptors (Lipinski definition) is 10. The number of halogens is 2. The van der Waals surface area contributed by atoms with Gasteiger partial charge in [0.1, 0.15) is 51.9 Å². The van der Waals surface area contributed by atoms with E-state index in [1.54, 1.807) is 17.3 Å². The Balaban J connectivity index is 1.29. The van der Waals surface area contributed by atoms with Crippen molar-refractivity contribution in [2.45, 2.75) is 13.0 Å². The lowest BCUT2D eigenvalue weighted by atomic mass is 10.1. The standard InChI is InChI=1S/C27H31Cl2N7O6S/c1-5-43(38,39)35-8-9-36-17(13-35)14-42-19-10-16(6-7-18(19)36)32-22-12-23(31-15-30-22)34(2)27(37)33-26-24(28)20(40-3)11-21(41-4)25(26)29/h6-7,10-12,15,17H,5,8-9,13-14H2,1-4H3,(H,33,37)(H,30,31,32)/t17-/m1/s1. The van der Waals surface area contributed by atoms with Crippen LogP contribution in [0.15, 0.2) is 36.7 Å². The van der Waals surface area contributed by atoms with Crippen molar-refractivity contribution in [3.05, 3.63) is 46.7 Å². The van der Waals surface area contributed by atoms with Gasteiger partial charge in [0.05, 0.1) is 37.4 Å². The second-order valence-electron chi connectivity index (χ2n) is 9.76. The third-order valence-electron chi connectivity index (χ3n) is 7.28. The summed E-state index contributed by atoms with van der Waals surface area (Å²) in [4.78, 5) is 25.1. The number of piperazine rings is 1. The van der Waals surface area contributed by atoms with Gasteiger partial charge >= 0.3 is 6.03 Å². The second kappa shape index (κ2) is 12.5. The average Bonchev–Trinajstić information content (AvgIpc) is 3.02. The number of rotatable bonds is 8. The molecule has 43 heavy (non-hydrogen) atoms. The minimum atomic E-state index is -3.25. The molecular formula is C27H31Cl2N7O6S. The fourth-order valence-electron chi connectivity index (χ4n) is 4.89. The summed E-state index contributed by atoms with van der Waals surface area (Å²) in [6.07, 6.45) is 1.33. The fraction of sp³-hybridized carbons (Fsp3) is 0.370. The fourth-order valence-corrected chi connectivity index (χ4v) is 6.61. The largest absolute Gasteiger partial charge is 0.495 e. The van der Waals surface area contributed by atoms with E-state index in [-0.39, 0.29) is 39.0 Å². The monoisotopic (exact) mass is 651 g/mol. The smallest absolute Gasteiger partial charge is 0.327 e. The molecule has 1 saturated heterocycles. The molecule has 13 nitrogen and oxygen atoms in total. The first-order valence-electron chi connectivity index (χ1n) is 13.3. The highest BCUT2D eigenvalue weighted by atomic mass is 35.5. The Hall–Kier alpha value is -3.72. The van der Waals surface area contributed by atoms with Gasteiger partial charge in [-0.2, -0.15) is 4.31 Å². The number of fused-ring (bicyclic) bond motifs is 3. The van der Waals surface area contributed by atoms with Gasteiger partial charge < -0.3 is 29.7 Å². The molecule has 0 saturated carbocycles. The predicted molar refractivity (Wildman–Crippen MR) is 166 cm³/mol. The normalized spacial score (nSPS) is 16.4. The highest BCUT2D eigenvalue weighted by molar-refractivity contribution is 7.89. The van der Waals surface area contributed by atoms with E-state index in [2.05, 4.69) is 25.5 Å². The number of aromatic nitrogens is 2. The number of carbonyl (C=O) groups excluding carboxylic acids is 1. The minimum Gasteiger partial charge on any atom is -0.495 e. The van der Waals surface area contributed by atoms with E-state index in [0.29, 0.717) is 49.3 Å². The summed E-state index contributed by atoms with van der Waals surface area (Å²) in [7, 11) is 1.17. The lowest BCUT2D eigenvalue weighted by molar-refractivity contribution is 0.216. The van der Waals surface area contributed by atoms with Crippen LogP contribution in [-0.4, -0.2) is 88.0 Å². The van der Waals surface area contributed by atoms with Crippen molar-refractivity contribution in [3.63, 3.8) is 0 Å². The number of carbonyl (C=O) groups is 1. The molecule has 2 N–H and O–H groups in total. The first-order valence-corrected chi connectivity index (χ1v) is 15.7. The maximum Gasteiger partial charge on any atom is 0.327 e. The molecule has 3 aromatic rings. The number of nitrogens with one attached hydrogen (secondary N) is 2. The van der Waals surface area contributed by atoms with Gasteiger partial charge in [-0.05, 0) is 19.1 Å². The molecule has 2 aromatic carbocycles. The van der Waals surface area contributed by atoms with Crippen molar-refractivity contribution in [2.75, 3.05) is 73.7 Å². The van der Waals surface area contributed by atoms with E-state index in [1.807, 2.05) is 18.2 Å². The Morgan fingerprint density at radius 1 is 1.12 bits per heavy atom. The molecule has 5 rings (SSSR count). The molecular weight excluding hydrogens is 621 g/mol. The van der Waals surface area contributed by atoms with Crippen molar-refractivity contribution in [3.8, 4) is 17.2 Å². The Morgan fingerprint density at radius 2 is 1.84 bits per heavy atom. The van der Waals surface area contributed by atoms with Gasteiger partial charge in [-0.15, -0.1) is 0 Å². The summed E-state index contributed by atoms with van der Waals surface area (Å²) in [6.45, 7) is 3.43. The zero-order valence-corrected chi connectivity index (χ0v) is 26.3. The third kappa shape index (κ3) is 6.18. The third-order valence-corrected chi connectivity index (χ3v) is 9.88. The second-order valence-corrected chi connectivity index (χ2v) is 12.8. The summed E-state index contributed by atoms with van der Waals surface area (Å²) in [5.74, 6) is 2.07. The average molecular weight is 653 g/mol. The Morgan fingerprint density at radius 3 is 2.51 bits per heavy atom. The molecule has 2 aliphatic heterocycles. The lowest BCUT2D eigenvalue weighted by Crippen LogP contribution is -2.58. The van der Waals surface area contributed by atoms with Crippen LogP contribution >= 0.6 is 23.2 Å². The Bertz CT molecular complexity index is 1620. The zero-order chi connectivity index (χ0) is 30.9. The number of methoxy groups -OCH3 is 2. The number of benzene rings is 2. The van der Waals surface area contributed by atoms with E-state index in [1.165, 1.54) is 38.6 Å². The molecule has 0 aliphatic carbocycles. The number of hydrogen-bond donors (Lipinski definition) is 2. The van der Waals surface area contributed by atoms with Crippen LogP contribution in [0.3, 0.4) is 0 Å². The van der Waals surface area contributed by atoms with Gasteiger partial charge in [0.15, 0.2) is 0 Å². The number of anilines is 5. The van der Waals surface area contributed by atoms with Gasteiger partial charge in [0, 0.05) is 50.6 Å². The van der Waals surface area contributed by atoms with Crippen molar-refractivity contribution in [1.82, 2.24) is 14.3 Å². The van der Waals surface area contributed by atoms with Gasteiger partial charge in [-0.25, -0.2) is 23.2 Å². The van der Waals surface area contributed by atoms with E-state index >= 15 is 0 Å². The van der Waals surface area contributed by atoms with Crippen LogP contribution in [0.2, 0.25) is 10.0 Å². The molecule has 2 amide bonds. The van der Waals surface area contributed by atoms with Crippen LogP contribution in [0, 0.1) is 0 Å². The van der Waals surface area contributed by atoms with Crippen LogP contribution < -0.4 is 34.6 Å². The van der Waals surface area contributed by atoms with Crippen molar-refractivity contribution >= 4 is 68.0 Å². The molecule has 0 bridgehead atoms.